The van der Waals surface area contributed by atoms with Gasteiger partial charge in [-0.25, -0.2) is 4.79 Å². The molecule has 0 aliphatic heterocycles. The Kier molecular flexibility index (Phi) is 5.79. The molecule has 0 spiro atoms. The van der Waals surface area contributed by atoms with Gasteiger partial charge >= 0.3 is 5.97 Å². The summed E-state index contributed by atoms with van der Waals surface area (Å²) >= 11 is 0. The molecule has 134 valence electrons. The maximum atomic E-state index is 12.7. The van der Waals surface area contributed by atoms with Gasteiger partial charge in [-0.05, 0) is 18.9 Å². The van der Waals surface area contributed by atoms with Gasteiger partial charge in [-0.3, -0.25) is 9.59 Å². The van der Waals surface area contributed by atoms with E-state index in [0.29, 0.717) is 5.56 Å². The number of rotatable bonds is 6. The minimum Gasteiger partial charge on any atom is -0.452 e. The molecule has 0 unspecified atom stereocenters. The largest absolute Gasteiger partial charge is 0.452 e. The van der Waals surface area contributed by atoms with Gasteiger partial charge in [0, 0.05) is 17.2 Å². The predicted molar refractivity (Wildman–Crippen MR) is 97.0 cm³/mol. The van der Waals surface area contributed by atoms with E-state index >= 15 is 0 Å². The molecule has 1 N–H and O–H groups in total. The molecular formula is C21H21NO4. The SMILES string of the molecule is O=C(COC(=O)c1ccccc1C(=O)c1ccccc1)NC1CCCC1. The molecule has 0 bridgehead atoms. The van der Waals surface area contributed by atoms with Gasteiger partial charge in [-0.2, -0.15) is 0 Å². The van der Waals surface area contributed by atoms with Crippen LogP contribution in [-0.2, 0) is 9.53 Å². The Balaban J connectivity index is 1.66. The second-order valence-corrected chi connectivity index (χ2v) is 6.37. The van der Waals surface area contributed by atoms with Crippen molar-refractivity contribution in [3.63, 3.8) is 0 Å². The molecular weight excluding hydrogens is 330 g/mol. The number of ketones is 1. The Bertz CT molecular complexity index is 795. The van der Waals surface area contributed by atoms with Gasteiger partial charge in [0.05, 0.1) is 5.56 Å². The van der Waals surface area contributed by atoms with Gasteiger partial charge in [0.25, 0.3) is 5.91 Å². The van der Waals surface area contributed by atoms with Gasteiger partial charge in [-0.1, -0.05) is 61.4 Å². The molecule has 3 rings (SSSR count). The number of benzene rings is 2. The number of nitrogens with one attached hydrogen (secondary N) is 1. The zero-order valence-electron chi connectivity index (χ0n) is 14.4. The third-order valence-electron chi connectivity index (χ3n) is 4.48. The average Bonchev–Trinajstić information content (AvgIpc) is 3.19. The fourth-order valence-corrected chi connectivity index (χ4v) is 3.15. The Hall–Kier alpha value is -2.95. The maximum Gasteiger partial charge on any atom is 0.339 e. The van der Waals surface area contributed by atoms with Crippen LogP contribution < -0.4 is 5.32 Å². The summed E-state index contributed by atoms with van der Waals surface area (Å²) < 4.78 is 5.12. The molecule has 0 saturated heterocycles. The summed E-state index contributed by atoms with van der Waals surface area (Å²) in [5, 5.41) is 2.87. The van der Waals surface area contributed by atoms with Gasteiger partial charge in [0.1, 0.15) is 0 Å². The van der Waals surface area contributed by atoms with Crippen LogP contribution in [0.25, 0.3) is 0 Å². The van der Waals surface area contributed by atoms with E-state index < -0.39 is 5.97 Å². The van der Waals surface area contributed by atoms with Gasteiger partial charge in [-0.15, -0.1) is 0 Å². The monoisotopic (exact) mass is 351 g/mol. The third-order valence-corrected chi connectivity index (χ3v) is 4.48. The molecule has 1 aliphatic rings. The quantitative estimate of drug-likeness (QED) is 0.641. The fourth-order valence-electron chi connectivity index (χ4n) is 3.15. The van der Waals surface area contributed by atoms with Crippen molar-refractivity contribution in [1.29, 1.82) is 0 Å². The van der Waals surface area contributed by atoms with Crippen LogP contribution in [-0.4, -0.2) is 30.3 Å². The van der Waals surface area contributed by atoms with Gasteiger partial charge < -0.3 is 10.1 Å². The smallest absolute Gasteiger partial charge is 0.339 e. The highest BCUT2D eigenvalue weighted by atomic mass is 16.5. The number of carbonyl (C=O) groups excluding carboxylic acids is 3. The van der Waals surface area contributed by atoms with Gasteiger partial charge in [0.2, 0.25) is 0 Å². The summed E-state index contributed by atoms with van der Waals surface area (Å²) in [6.45, 7) is -0.344. The van der Waals surface area contributed by atoms with E-state index in [-0.39, 0.29) is 35.5 Å². The summed E-state index contributed by atoms with van der Waals surface area (Å²) in [5.74, 6) is -1.24. The lowest BCUT2D eigenvalue weighted by Gasteiger charge is -2.12. The first-order chi connectivity index (χ1) is 12.6. The van der Waals surface area contributed by atoms with Crippen LogP contribution in [0.3, 0.4) is 0 Å². The van der Waals surface area contributed by atoms with Crippen molar-refractivity contribution in [2.75, 3.05) is 6.61 Å². The van der Waals surface area contributed by atoms with E-state index in [1.807, 2.05) is 6.07 Å². The number of amides is 1. The van der Waals surface area contributed by atoms with Crippen molar-refractivity contribution in [1.82, 2.24) is 5.32 Å². The van der Waals surface area contributed by atoms with E-state index in [2.05, 4.69) is 5.32 Å². The number of esters is 1. The second-order valence-electron chi connectivity index (χ2n) is 6.37. The summed E-state index contributed by atoms with van der Waals surface area (Å²) in [6.07, 6.45) is 4.15. The summed E-state index contributed by atoms with van der Waals surface area (Å²) in [4.78, 5) is 37.0. The lowest BCUT2D eigenvalue weighted by Crippen LogP contribution is -2.36. The van der Waals surface area contributed by atoms with E-state index in [4.69, 9.17) is 4.74 Å². The zero-order chi connectivity index (χ0) is 18.4. The van der Waals surface area contributed by atoms with E-state index in [1.165, 1.54) is 6.07 Å². The second kappa shape index (κ2) is 8.43. The lowest BCUT2D eigenvalue weighted by atomic mass is 9.98. The minimum atomic E-state index is -0.675. The van der Waals surface area contributed by atoms with Crippen LogP contribution in [0.1, 0.15) is 52.0 Å². The molecule has 2 aromatic carbocycles. The highest BCUT2D eigenvalue weighted by Gasteiger charge is 2.21. The van der Waals surface area contributed by atoms with Crippen LogP contribution in [0.2, 0.25) is 0 Å². The molecule has 5 nitrogen and oxygen atoms in total. The maximum absolute atomic E-state index is 12.7. The van der Waals surface area contributed by atoms with E-state index in [0.717, 1.165) is 25.7 Å². The first kappa shape index (κ1) is 17.9. The van der Waals surface area contributed by atoms with Crippen LogP contribution in [0, 0.1) is 0 Å². The van der Waals surface area contributed by atoms with Crippen molar-refractivity contribution in [3.8, 4) is 0 Å². The summed E-state index contributed by atoms with van der Waals surface area (Å²) in [5.41, 5.74) is 0.918. The predicted octanol–water partition coefficient (Wildman–Crippen LogP) is 3.13. The lowest BCUT2D eigenvalue weighted by molar-refractivity contribution is -0.124. The summed E-state index contributed by atoms with van der Waals surface area (Å²) in [7, 11) is 0. The van der Waals surface area contributed by atoms with Crippen molar-refractivity contribution >= 4 is 17.7 Å². The molecule has 0 aromatic heterocycles. The highest BCUT2D eigenvalue weighted by molar-refractivity contribution is 6.14. The Morgan fingerprint density at radius 2 is 1.50 bits per heavy atom. The molecule has 1 aliphatic carbocycles. The Labute approximate surface area is 152 Å². The molecule has 0 atom stereocenters. The van der Waals surface area contributed by atoms with Crippen LogP contribution in [0.4, 0.5) is 0 Å². The molecule has 1 fully saturated rings. The van der Waals surface area contributed by atoms with Crippen molar-refractivity contribution < 1.29 is 19.1 Å². The third kappa shape index (κ3) is 4.36. The van der Waals surface area contributed by atoms with Crippen molar-refractivity contribution in [2.24, 2.45) is 0 Å². The van der Waals surface area contributed by atoms with Crippen LogP contribution in [0.5, 0.6) is 0 Å². The number of hydrogen-bond donors (Lipinski definition) is 1. The molecule has 1 amide bonds. The molecule has 26 heavy (non-hydrogen) atoms. The normalized spacial score (nSPS) is 14.0. The van der Waals surface area contributed by atoms with E-state index in [9.17, 15) is 14.4 Å². The number of ether oxygens (including phenoxy) is 1. The van der Waals surface area contributed by atoms with Crippen molar-refractivity contribution in [3.05, 3.63) is 71.3 Å². The molecule has 5 heteroatoms. The van der Waals surface area contributed by atoms with Crippen LogP contribution >= 0.6 is 0 Å². The summed E-state index contributed by atoms with van der Waals surface area (Å²) in [6, 6.07) is 15.4. The zero-order valence-corrected chi connectivity index (χ0v) is 14.4. The number of carbonyl (C=O) groups is 3. The molecule has 1 saturated carbocycles. The van der Waals surface area contributed by atoms with E-state index in [1.54, 1.807) is 42.5 Å². The Morgan fingerprint density at radius 3 is 2.19 bits per heavy atom. The van der Waals surface area contributed by atoms with Crippen LogP contribution in [0.15, 0.2) is 54.6 Å². The molecule has 0 heterocycles. The minimum absolute atomic E-state index is 0.162. The first-order valence-corrected chi connectivity index (χ1v) is 8.80. The highest BCUT2D eigenvalue weighted by Crippen LogP contribution is 2.18. The fraction of sp³-hybridized carbons (Fsp3) is 0.286. The first-order valence-electron chi connectivity index (χ1n) is 8.80. The topological polar surface area (TPSA) is 72.5 Å². The Morgan fingerprint density at radius 1 is 0.885 bits per heavy atom. The van der Waals surface area contributed by atoms with Crippen molar-refractivity contribution in [2.45, 2.75) is 31.7 Å². The number of hydrogen-bond acceptors (Lipinski definition) is 4. The standard InChI is InChI=1S/C21H21NO4/c23-19(22-16-10-4-5-11-16)14-26-21(25)18-13-7-6-12-17(18)20(24)15-8-2-1-3-9-15/h1-3,6-9,12-13,16H,4-5,10-11,14H2,(H,22,23). The average molecular weight is 351 g/mol. The molecule has 0 radical (unpaired) electrons. The molecule has 2 aromatic rings. The van der Waals surface area contributed by atoms with Gasteiger partial charge in [0.15, 0.2) is 12.4 Å².